The molecule has 1 heterocycles. The summed E-state index contributed by atoms with van der Waals surface area (Å²) >= 11 is 5.67. The molecule has 2 rings (SSSR count). The third-order valence-corrected chi connectivity index (χ3v) is 2.77. The van der Waals surface area contributed by atoms with Crippen LogP contribution < -0.4 is 10.5 Å². The van der Waals surface area contributed by atoms with Crippen LogP contribution in [0.3, 0.4) is 0 Å². The predicted octanol–water partition coefficient (Wildman–Crippen LogP) is 2.91. The van der Waals surface area contributed by atoms with Crippen LogP contribution in [0.15, 0.2) is 36.5 Å². The van der Waals surface area contributed by atoms with Gasteiger partial charge in [0.15, 0.2) is 11.6 Å². The lowest BCUT2D eigenvalue weighted by Gasteiger charge is -2.10. The predicted molar refractivity (Wildman–Crippen MR) is 67.9 cm³/mol. The molecule has 18 heavy (non-hydrogen) atoms. The Labute approximate surface area is 109 Å². The van der Waals surface area contributed by atoms with Crippen molar-refractivity contribution in [2.45, 2.75) is 13.2 Å². The molecule has 2 N–H and O–H groups in total. The van der Waals surface area contributed by atoms with Gasteiger partial charge in [0.05, 0.1) is 10.7 Å². The third kappa shape index (κ3) is 2.78. The lowest BCUT2D eigenvalue weighted by atomic mass is 10.2. The summed E-state index contributed by atoms with van der Waals surface area (Å²) in [5.41, 5.74) is 7.13. The van der Waals surface area contributed by atoms with Gasteiger partial charge in [-0.05, 0) is 18.2 Å². The van der Waals surface area contributed by atoms with Gasteiger partial charge in [-0.1, -0.05) is 23.7 Å². The summed E-state index contributed by atoms with van der Waals surface area (Å²) in [5.74, 6) is -0.438. The van der Waals surface area contributed by atoms with Crippen LogP contribution in [-0.4, -0.2) is 4.98 Å². The highest BCUT2D eigenvalue weighted by atomic mass is 35.5. The van der Waals surface area contributed by atoms with Gasteiger partial charge in [-0.3, -0.25) is 4.98 Å². The first kappa shape index (κ1) is 12.8. The Morgan fingerprint density at radius 3 is 2.89 bits per heavy atom. The Kier molecular flexibility index (Phi) is 4.12. The van der Waals surface area contributed by atoms with Crippen molar-refractivity contribution in [2.24, 2.45) is 5.73 Å². The molecular formula is C13H12ClFN2O. The first-order chi connectivity index (χ1) is 8.72. The van der Waals surface area contributed by atoms with Gasteiger partial charge in [0.2, 0.25) is 0 Å². The summed E-state index contributed by atoms with van der Waals surface area (Å²) in [5, 5.41) is 0.0396. The molecule has 0 atom stereocenters. The normalized spacial score (nSPS) is 10.4. The summed E-state index contributed by atoms with van der Waals surface area (Å²) in [6.45, 7) is 0.523. The fourth-order valence-electron chi connectivity index (χ4n) is 1.54. The number of halogens is 2. The largest absolute Gasteiger partial charge is 0.486 e. The van der Waals surface area contributed by atoms with Crippen molar-refractivity contribution < 1.29 is 9.13 Å². The zero-order valence-electron chi connectivity index (χ0n) is 9.57. The number of hydrogen-bond donors (Lipinski definition) is 1. The molecule has 0 aliphatic rings. The van der Waals surface area contributed by atoms with Crippen LogP contribution in [-0.2, 0) is 13.2 Å². The van der Waals surface area contributed by atoms with Crippen LogP contribution in [0.25, 0.3) is 0 Å². The molecule has 0 fully saturated rings. The van der Waals surface area contributed by atoms with Crippen LogP contribution >= 0.6 is 11.6 Å². The lowest BCUT2D eigenvalue weighted by molar-refractivity contribution is 0.288. The minimum atomic E-state index is -0.558. The van der Waals surface area contributed by atoms with E-state index in [-0.39, 0.29) is 17.4 Å². The van der Waals surface area contributed by atoms with Crippen LogP contribution in [0.4, 0.5) is 4.39 Å². The van der Waals surface area contributed by atoms with Crippen LogP contribution in [0.2, 0.25) is 5.02 Å². The van der Waals surface area contributed by atoms with Crippen molar-refractivity contribution in [1.29, 1.82) is 0 Å². The van der Waals surface area contributed by atoms with Gasteiger partial charge in [-0.25, -0.2) is 4.39 Å². The van der Waals surface area contributed by atoms with E-state index in [2.05, 4.69) is 4.98 Å². The second-order valence-corrected chi connectivity index (χ2v) is 4.06. The Hall–Kier alpha value is -1.65. The number of rotatable bonds is 4. The molecule has 0 unspecified atom stereocenters. The van der Waals surface area contributed by atoms with E-state index in [1.54, 1.807) is 18.3 Å². The number of benzene rings is 1. The molecule has 94 valence electrons. The van der Waals surface area contributed by atoms with Crippen molar-refractivity contribution in [3.8, 4) is 5.75 Å². The fourth-order valence-corrected chi connectivity index (χ4v) is 1.70. The maximum Gasteiger partial charge on any atom is 0.183 e. The molecule has 1 aromatic heterocycles. The molecule has 5 heteroatoms. The summed E-state index contributed by atoms with van der Waals surface area (Å²) < 4.78 is 19.0. The highest BCUT2D eigenvalue weighted by Crippen LogP contribution is 2.24. The summed E-state index contributed by atoms with van der Waals surface area (Å²) in [7, 11) is 0. The molecule has 0 amide bonds. The molecule has 0 aliphatic carbocycles. The standard InChI is InChI=1S/C13H12ClFN2O/c14-10-4-1-5-12(13(10)15)18-8-9-3-2-6-17-11(9)7-16/h1-6H,7-8,16H2. The van der Waals surface area contributed by atoms with E-state index in [1.807, 2.05) is 6.07 Å². The Bertz CT molecular complexity index is 548. The Morgan fingerprint density at radius 1 is 1.28 bits per heavy atom. The van der Waals surface area contributed by atoms with Gasteiger partial charge < -0.3 is 10.5 Å². The van der Waals surface area contributed by atoms with Gasteiger partial charge in [0, 0.05) is 18.3 Å². The first-order valence-corrected chi connectivity index (χ1v) is 5.80. The molecule has 0 saturated heterocycles. The van der Waals surface area contributed by atoms with E-state index in [1.165, 1.54) is 12.1 Å². The average Bonchev–Trinajstić information content (AvgIpc) is 2.41. The molecular weight excluding hydrogens is 255 g/mol. The molecule has 1 aromatic carbocycles. The zero-order chi connectivity index (χ0) is 13.0. The number of hydrogen-bond acceptors (Lipinski definition) is 3. The smallest absolute Gasteiger partial charge is 0.183 e. The maximum atomic E-state index is 13.6. The van der Waals surface area contributed by atoms with Crippen molar-refractivity contribution in [3.05, 3.63) is 58.6 Å². The van der Waals surface area contributed by atoms with E-state index < -0.39 is 5.82 Å². The van der Waals surface area contributed by atoms with Gasteiger partial charge in [0.25, 0.3) is 0 Å². The SMILES string of the molecule is NCc1ncccc1COc1cccc(Cl)c1F. The number of nitrogens with zero attached hydrogens (tertiary/aromatic N) is 1. The average molecular weight is 267 g/mol. The second kappa shape index (κ2) is 5.80. The third-order valence-electron chi connectivity index (χ3n) is 2.48. The van der Waals surface area contributed by atoms with E-state index >= 15 is 0 Å². The highest BCUT2D eigenvalue weighted by Gasteiger charge is 2.08. The van der Waals surface area contributed by atoms with Crippen molar-refractivity contribution in [3.63, 3.8) is 0 Å². The minimum absolute atomic E-state index is 0.0396. The summed E-state index contributed by atoms with van der Waals surface area (Å²) in [4.78, 5) is 4.12. The molecule has 0 saturated carbocycles. The molecule has 0 bridgehead atoms. The monoisotopic (exact) mass is 266 g/mol. The van der Waals surface area contributed by atoms with Crippen LogP contribution in [0.1, 0.15) is 11.3 Å². The minimum Gasteiger partial charge on any atom is -0.486 e. The molecule has 0 aliphatic heterocycles. The molecule has 0 spiro atoms. The van der Waals surface area contributed by atoms with E-state index in [9.17, 15) is 4.39 Å². The molecule has 2 aromatic rings. The zero-order valence-corrected chi connectivity index (χ0v) is 10.3. The van der Waals surface area contributed by atoms with E-state index in [0.717, 1.165) is 11.3 Å². The van der Waals surface area contributed by atoms with Crippen molar-refractivity contribution >= 4 is 11.6 Å². The van der Waals surface area contributed by atoms with Crippen molar-refractivity contribution in [1.82, 2.24) is 4.98 Å². The second-order valence-electron chi connectivity index (χ2n) is 3.65. The number of aromatic nitrogens is 1. The molecule has 3 nitrogen and oxygen atoms in total. The quantitative estimate of drug-likeness (QED) is 0.926. The first-order valence-electron chi connectivity index (χ1n) is 5.42. The number of pyridine rings is 1. The Balaban J connectivity index is 2.14. The van der Waals surface area contributed by atoms with Gasteiger partial charge in [-0.15, -0.1) is 0 Å². The fraction of sp³-hybridized carbons (Fsp3) is 0.154. The molecule has 0 radical (unpaired) electrons. The van der Waals surface area contributed by atoms with E-state index in [0.29, 0.717) is 6.54 Å². The van der Waals surface area contributed by atoms with Crippen molar-refractivity contribution in [2.75, 3.05) is 0 Å². The summed E-state index contributed by atoms with van der Waals surface area (Å²) in [6.07, 6.45) is 1.66. The Morgan fingerprint density at radius 2 is 2.11 bits per heavy atom. The number of ether oxygens (including phenoxy) is 1. The highest BCUT2D eigenvalue weighted by molar-refractivity contribution is 6.30. The topological polar surface area (TPSA) is 48.1 Å². The van der Waals surface area contributed by atoms with Gasteiger partial charge in [-0.2, -0.15) is 0 Å². The van der Waals surface area contributed by atoms with Gasteiger partial charge >= 0.3 is 0 Å². The summed E-state index contributed by atoms with van der Waals surface area (Å²) in [6, 6.07) is 8.26. The number of nitrogens with two attached hydrogens (primary N) is 1. The lowest BCUT2D eigenvalue weighted by Crippen LogP contribution is -2.07. The van der Waals surface area contributed by atoms with Gasteiger partial charge in [0.1, 0.15) is 6.61 Å². The maximum absolute atomic E-state index is 13.6. The van der Waals surface area contributed by atoms with Crippen LogP contribution in [0, 0.1) is 5.82 Å². The van der Waals surface area contributed by atoms with Crippen LogP contribution in [0.5, 0.6) is 5.75 Å². The van der Waals surface area contributed by atoms with E-state index in [4.69, 9.17) is 22.1 Å².